The van der Waals surface area contributed by atoms with Crippen molar-refractivity contribution in [2.45, 2.75) is 91.4 Å². The number of rotatable bonds is 17. The topological polar surface area (TPSA) is 127 Å². The number of carbonyl (C=O) groups is 1. The number of ether oxygens (including phenoxy) is 4. The van der Waals surface area contributed by atoms with E-state index in [1.807, 2.05) is 65.0 Å². The second-order valence-corrected chi connectivity index (χ2v) is 19.4. The molecule has 6 aromatic carbocycles. The smallest absolute Gasteiger partial charge is 0.306 e. The Labute approximate surface area is 443 Å². The van der Waals surface area contributed by atoms with Crippen LogP contribution in [0.25, 0.3) is 44.1 Å². The number of hydrogen-bond donors (Lipinski definition) is 2. The van der Waals surface area contributed by atoms with Crippen LogP contribution in [0.5, 0.6) is 11.5 Å². The molecule has 9 rings (SSSR count). The van der Waals surface area contributed by atoms with Gasteiger partial charge in [-0.2, -0.15) is 13.9 Å². The number of halogens is 6. The SMILES string of the molecule is CC/C(=C(/c1ccc(OCCCC(=O)OC(C)(C)C)cc1)c1ccc2c(c1)c(F)nn2C1CCCCO1)c1c(F)cccc1F.CC/C(=C(/c1ccc(OCCN)cc1)c1ccc2n[nH]c(F)c2c1)c1c(F)cccc1F. The summed E-state index contributed by atoms with van der Waals surface area (Å²) in [6, 6.07) is 32.3. The standard InChI is InChI=1S/C36H39F3N2O4.C25H22F3N3O/c1-5-26(34-28(37)10-8-11-29(34)38)33(23-14-17-25(18-15-23)43-21-9-13-32(42)45-36(2,3)4)24-16-19-30-27(22-24)35(39)40-41(30)31-12-6-7-20-44-31;1-2-18(24-20(26)4-3-5-21(24)27)23(15-6-9-17(10-7-15)32-13-12-29)16-8-11-22-19(14-16)25(28)31-30-22/h8,10-11,14-19,22,31H,5-7,9,12-13,20-21H2,1-4H3;3-11,14H,2,12-13,29H2,1H3,(H,30,31)/b33-26+;23-18+. The van der Waals surface area contributed by atoms with Crippen molar-refractivity contribution in [3.8, 4) is 11.5 Å². The van der Waals surface area contributed by atoms with E-state index < -0.39 is 40.8 Å². The number of fused-ring (bicyclic) bond motifs is 2. The summed E-state index contributed by atoms with van der Waals surface area (Å²) in [5.74, 6) is -2.94. The van der Waals surface area contributed by atoms with Crippen LogP contribution >= 0.6 is 0 Å². The molecule has 1 unspecified atom stereocenters. The molecule has 1 fully saturated rings. The van der Waals surface area contributed by atoms with Gasteiger partial charge in [0.25, 0.3) is 0 Å². The molecule has 8 aromatic rings. The Morgan fingerprint density at radius 1 is 0.688 bits per heavy atom. The van der Waals surface area contributed by atoms with Gasteiger partial charge in [-0.1, -0.05) is 62.4 Å². The Kier molecular flexibility index (Phi) is 18.0. The minimum Gasteiger partial charge on any atom is -0.494 e. The Morgan fingerprint density at radius 3 is 1.71 bits per heavy atom. The van der Waals surface area contributed by atoms with E-state index in [-0.39, 0.29) is 29.7 Å². The van der Waals surface area contributed by atoms with Crippen molar-refractivity contribution in [2.75, 3.05) is 26.4 Å². The van der Waals surface area contributed by atoms with Gasteiger partial charge in [0, 0.05) is 30.7 Å². The first kappa shape index (κ1) is 55.5. The Balaban J connectivity index is 0.000000216. The van der Waals surface area contributed by atoms with Crippen molar-refractivity contribution in [2.24, 2.45) is 5.73 Å². The van der Waals surface area contributed by atoms with E-state index >= 15 is 13.2 Å². The molecule has 0 saturated carbocycles. The van der Waals surface area contributed by atoms with Gasteiger partial charge < -0.3 is 24.7 Å². The molecule has 1 saturated heterocycles. The molecule has 402 valence electrons. The van der Waals surface area contributed by atoms with Crippen LogP contribution in [0, 0.1) is 35.2 Å². The Hall–Kier alpha value is -7.69. The zero-order valence-corrected chi connectivity index (χ0v) is 43.6. The normalized spacial score (nSPS) is 14.4. The number of aromatic nitrogens is 4. The first-order valence-electron chi connectivity index (χ1n) is 25.8. The second-order valence-electron chi connectivity index (χ2n) is 19.4. The van der Waals surface area contributed by atoms with Gasteiger partial charge in [0.1, 0.15) is 47.0 Å². The van der Waals surface area contributed by atoms with Crippen molar-refractivity contribution in [1.82, 2.24) is 20.0 Å². The molecule has 77 heavy (non-hydrogen) atoms. The number of aromatic amines is 1. The first-order valence-corrected chi connectivity index (χ1v) is 25.8. The van der Waals surface area contributed by atoms with Crippen LogP contribution in [-0.2, 0) is 14.3 Å². The molecule has 3 heterocycles. The van der Waals surface area contributed by atoms with E-state index in [2.05, 4.69) is 15.3 Å². The number of allylic oxidation sites excluding steroid dienone is 2. The summed E-state index contributed by atoms with van der Waals surface area (Å²) < 4.78 is 114. The fourth-order valence-corrected chi connectivity index (χ4v) is 9.50. The number of hydrogen-bond acceptors (Lipinski definition) is 8. The quantitative estimate of drug-likeness (QED) is 0.0400. The van der Waals surface area contributed by atoms with Crippen molar-refractivity contribution < 1.29 is 50.1 Å². The monoisotopic (exact) mass is 1060 g/mol. The lowest BCUT2D eigenvalue weighted by molar-refractivity contribution is -0.155. The van der Waals surface area contributed by atoms with Crippen LogP contribution in [0.3, 0.4) is 0 Å². The minimum absolute atomic E-state index is 0.0961. The third-order valence-electron chi connectivity index (χ3n) is 12.9. The van der Waals surface area contributed by atoms with E-state index in [0.29, 0.717) is 123 Å². The highest BCUT2D eigenvalue weighted by Gasteiger charge is 2.25. The molecular weight excluding hydrogens is 997 g/mol. The molecule has 3 N–H and O–H groups in total. The molecule has 1 aliphatic heterocycles. The average molecular weight is 1060 g/mol. The molecule has 10 nitrogen and oxygen atoms in total. The van der Waals surface area contributed by atoms with Gasteiger partial charge in [-0.05, 0) is 177 Å². The lowest BCUT2D eigenvalue weighted by atomic mass is 9.87. The number of nitrogens with one attached hydrogen (secondary N) is 1. The fourth-order valence-electron chi connectivity index (χ4n) is 9.50. The maximum Gasteiger partial charge on any atom is 0.306 e. The summed E-state index contributed by atoms with van der Waals surface area (Å²) in [7, 11) is 0. The molecule has 0 aliphatic carbocycles. The second kappa shape index (κ2) is 25.0. The van der Waals surface area contributed by atoms with E-state index in [4.69, 9.17) is 24.7 Å². The summed E-state index contributed by atoms with van der Waals surface area (Å²) in [5.41, 5.74) is 10.5. The van der Waals surface area contributed by atoms with Gasteiger partial charge in [0.2, 0.25) is 11.9 Å². The number of nitrogens with two attached hydrogens (primary N) is 1. The highest BCUT2D eigenvalue weighted by molar-refractivity contribution is 6.02. The van der Waals surface area contributed by atoms with Gasteiger partial charge in [0.15, 0.2) is 6.23 Å². The van der Waals surface area contributed by atoms with Crippen molar-refractivity contribution in [3.63, 3.8) is 0 Å². The fraction of sp³-hybridized carbons (Fsp3) is 0.295. The van der Waals surface area contributed by atoms with Crippen molar-refractivity contribution in [1.29, 1.82) is 0 Å². The van der Waals surface area contributed by atoms with Crippen molar-refractivity contribution in [3.05, 3.63) is 190 Å². The zero-order chi connectivity index (χ0) is 54.8. The highest BCUT2D eigenvalue weighted by Crippen LogP contribution is 2.41. The lowest BCUT2D eigenvalue weighted by Crippen LogP contribution is -2.23. The summed E-state index contributed by atoms with van der Waals surface area (Å²) in [6.45, 7) is 10.8. The first-order chi connectivity index (χ1) is 37.1. The molecule has 2 aromatic heterocycles. The molecular formula is C61H61F6N5O5. The van der Waals surface area contributed by atoms with Crippen LogP contribution in [0.4, 0.5) is 26.3 Å². The molecule has 0 bridgehead atoms. The summed E-state index contributed by atoms with van der Waals surface area (Å²) in [6.07, 6.45) is 3.70. The van der Waals surface area contributed by atoms with Crippen molar-refractivity contribution >= 4 is 50.1 Å². The highest BCUT2D eigenvalue weighted by atomic mass is 19.2. The summed E-state index contributed by atoms with van der Waals surface area (Å²) in [4.78, 5) is 12.0. The predicted octanol–water partition coefficient (Wildman–Crippen LogP) is 14.7. The van der Waals surface area contributed by atoms with Gasteiger partial charge in [-0.15, -0.1) is 5.10 Å². The lowest BCUT2D eigenvalue weighted by Gasteiger charge is -2.23. The van der Waals surface area contributed by atoms with E-state index in [1.165, 1.54) is 36.4 Å². The predicted molar refractivity (Wildman–Crippen MR) is 288 cm³/mol. The zero-order valence-electron chi connectivity index (χ0n) is 43.6. The Morgan fingerprint density at radius 2 is 1.21 bits per heavy atom. The number of H-pyrrole nitrogens is 1. The van der Waals surface area contributed by atoms with Crippen LogP contribution in [0.2, 0.25) is 0 Å². The number of benzene rings is 6. The molecule has 0 spiro atoms. The molecule has 0 amide bonds. The number of nitrogens with zero attached hydrogens (tertiary/aromatic N) is 3. The van der Waals surface area contributed by atoms with E-state index in [0.717, 1.165) is 19.3 Å². The van der Waals surface area contributed by atoms with Crippen LogP contribution < -0.4 is 15.2 Å². The average Bonchev–Trinajstić information content (AvgIpc) is 3.96. The molecule has 1 aliphatic rings. The minimum atomic E-state index is -0.677. The van der Waals surface area contributed by atoms with Gasteiger partial charge in [0.05, 0.1) is 28.4 Å². The maximum atomic E-state index is 15.3. The third kappa shape index (κ3) is 13.1. The number of carbonyl (C=O) groups excluding carboxylic acids is 1. The maximum absolute atomic E-state index is 15.3. The largest absolute Gasteiger partial charge is 0.494 e. The molecule has 1 atom stereocenters. The number of esters is 1. The van der Waals surface area contributed by atoms with Gasteiger partial charge >= 0.3 is 5.97 Å². The van der Waals surface area contributed by atoms with E-state index in [9.17, 15) is 18.0 Å². The van der Waals surface area contributed by atoms with Crippen LogP contribution in [-0.4, -0.2) is 57.9 Å². The molecule has 16 heteroatoms. The summed E-state index contributed by atoms with van der Waals surface area (Å²) in [5, 5.41) is 11.0. The Bertz CT molecular complexity index is 3370. The van der Waals surface area contributed by atoms with Gasteiger partial charge in [-0.25, -0.2) is 22.2 Å². The summed E-state index contributed by atoms with van der Waals surface area (Å²) >= 11 is 0. The molecule has 0 radical (unpaired) electrons. The van der Waals surface area contributed by atoms with Gasteiger partial charge in [-0.3, -0.25) is 9.89 Å². The third-order valence-corrected chi connectivity index (χ3v) is 12.9. The van der Waals surface area contributed by atoms with Crippen LogP contribution in [0.15, 0.2) is 121 Å². The van der Waals surface area contributed by atoms with Crippen LogP contribution in [0.1, 0.15) is 119 Å². The van der Waals surface area contributed by atoms with E-state index in [1.54, 1.807) is 59.3 Å².